The van der Waals surface area contributed by atoms with E-state index < -0.39 is 0 Å². The van der Waals surface area contributed by atoms with Gasteiger partial charge >= 0.3 is 0 Å². The fourth-order valence-electron chi connectivity index (χ4n) is 2.42. The van der Waals surface area contributed by atoms with E-state index in [4.69, 9.17) is 4.42 Å². The first-order chi connectivity index (χ1) is 9.20. The summed E-state index contributed by atoms with van der Waals surface area (Å²) >= 11 is 0. The van der Waals surface area contributed by atoms with Crippen LogP contribution in [0.3, 0.4) is 0 Å². The molecule has 0 aromatic carbocycles. The highest BCUT2D eigenvalue weighted by molar-refractivity contribution is 5.07. The van der Waals surface area contributed by atoms with Crippen LogP contribution in [0.2, 0.25) is 0 Å². The zero-order valence-electron chi connectivity index (χ0n) is 12.2. The quantitative estimate of drug-likeness (QED) is 0.780. The molecule has 19 heavy (non-hydrogen) atoms. The van der Waals surface area contributed by atoms with Gasteiger partial charge in [-0.2, -0.15) is 0 Å². The number of furan rings is 1. The summed E-state index contributed by atoms with van der Waals surface area (Å²) < 4.78 is 5.94. The molecule has 0 amide bonds. The molecule has 2 saturated carbocycles. The van der Waals surface area contributed by atoms with E-state index in [0.29, 0.717) is 6.04 Å². The second-order valence-electron chi connectivity index (χ2n) is 6.49. The van der Waals surface area contributed by atoms with E-state index >= 15 is 0 Å². The maximum absolute atomic E-state index is 5.94. The van der Waals surface area contributed by atoms with Gasteiger partial charge in [0.25, 0.3) is 0 Å². The molecule has 1 aromatic rings. The molecule has 3 heteroatoms. The van der Waals surface area contributed by atoms with Crippen LogP contribution in [0.15, 0.2) is 16.5 Å². The molecule has 0 atom stereocenters. The Bertz CT molecular complexity index is 405. The van der Waals surface area contributed by atoms with E-state index in [1.807, 2.05) is 0 Å². The Kier molecular flexibility index (Phi) is 3.94. The van der Waals surface area contributed by atoms with Crippen molar-refractivity contribution in [2.45, 2.75) is 64.7 Å². The van der Waals surface area contributed by atoms with Crippen molar-refractivity contribution in [3.8, 4) is 0 Å². The summed E-state index contributed by atoms with van der Waals surface area (Å²) in [6.07, 6.45) is 5.49. The first kappa shape index (κ1) is 13.2. The van der Waals surface area contributed by atoms with Gasteiger partial charge in [0.1, 0.15) is 11.5 Å². The Balaban J connectivity index is 1.51. The number of nitrogens with zero attached hydrogens (tertiary/aromatic N) is 1. The lowest BCUT2D eigenvalue weighted by Gasteiger charge is -2.25. The van der Waals surface area contributed by atoms with Gasteiger partial charge in [0.15, 0.2) is 0 Å². The summed E-state index contributed by atoms with van der Waals surface area (Å²) in [6, 6.07) is 5.61. The van der Waals surface area contributed by atoms with Crippen molar-refractivity contribution in [3.63, 3.8) is 0 Å². The summed E-state index contributed by atoms with van der Waals surface area (Å²) in [7, 11) is 0. The van der Waals surface area contributed by atoms with Crippen molar-refractivity contribution in [1.82, 2.24) is 10.2 Å². The Morgan fingerprint density at radius 1 is 1.21 bits per heavy atom. The van der Waals surface area contributed by atoms with Crippen molar-refractivity contribution in [2.75, 3.05) is 6.54 Å². The summed E-state index contributed by atoms with van der Waals surface area (Å²) in [6.45, 7) is 7.63. The topological polar surface area (TPSA) is 28.4 Å². The Morgan fingerprint density at radius 2 is 1.95 bits per heavy atom. The van der Waals surface area contributed by atoms with E-state index in [1.54, 1.807) is 0 Å². The van der Waals surface area contributed by atoms with Gasteiger partial charge in [-0.1, -0.05) is 0 Å². The van der Waals surface area contributed by atoms with Crippen LogP contribution < -0.4 is 5.32 Å². The number of rotatable bonds is 8. The summed E-state index contributed by atoms with van der Waals surface area (Å²) in [5.41, 5.74) is 0. The third-order valence-electron chi connectivity index (χ3n) is 4.14. The molecule has 0 saturated heterocycles. The van der Waals surface area contributed by atoms with Crippen LogP contribution in [0.5, 0.6) is 0 Å². The third-order valence-corrected chi connectivity index (χ3v) is 4.14. The summed E-state index contributed by atoms with van der Waals surface area (Å²) in [5, 5.41) is 3.50. The van der Waals surface area contributed by atoms with Crippen molar-refractivity contribution < 1.29 is 4.42 Å². The second-order valence-corrected chi connectivity index (χ2v) is 6.49. The molecule has 1 N–H and O–H groups in total. The highest BCUT2D eigenvalue weighted by atomic mass is 16.3. The lowest BCUT2D eigenvalue weighted by Crippen LogP contribution is -2.32. The van der Waals surface area contributed by atoms with E-state index in [0.717, 1.165) is 36.6 Å². The maximum Gasteiger partial charge on any atom is 0.118 e. The van der Waals surface area contributed by atoms with Crippen LogP contribution in [0.25, 0.3) is 0 Å². The van der Waals surface area contributed by atoms with Crippen LogP contribution in [0.4, 0.5) is 0 Å². The van der Waals surface area contributed by atoms with Gasteiger partial charge in [0.2, 0.25) is 0 Å². The lowest BCUT2D eigenvalue weighted by atomic mass is 10.2. The Hall–Kier alpha value is -0.800. The molecule has 1 heterocycles. The molecule has 0 spiro atoms. The largest absolute Gasteiger partial charge is 0.463 e. The zero-order valence-corrected chi connectivity index (χ0v) is 12.2. The van der Waals surface area contributed by atoms with E-state index in [9.17, 15) is 0 Å². The molecular weight excluding hydrogens is 236 g/mol. The van der Waals surface area contributed by atoms with Crippen molar-refractivity contribution in [1.29, 1.82) is 0 Å². The highest BCUT2D eigenvalue weighted by Gasteiger charge is 2.26. The molecule has 0 radical (unpaired) electrons. The highest BCUT2D eigenvalue weighted by Crippen LogP contribution is 2.31. The smallest absolute Gasteiger partial charge is 0.118 e. The molecule has 2 fully saturated rings. The minimum absolute atomic E-state index is 0.596. The number of nitrogens with one attached hydrogen (secondary N) is 1. The normalized spacial score (nSPS) is 19.6. The molecule has 0 bridgehead atoms. The fraction of sp³-hybridized carbons (Fsp3) is 0.750. The van der Waals surface area contributed by atoms with Gasteiger partial charge in [-0.15, -0.1) is 0 Å². The van der Waals surface area contributed by atoms with Crippen LogP contribution in [0.1, 0.15) is 51.1 Å². The molecule has 3 nitrogen and oxygen atoms in total. The molecular formula is C16H26N2O. The fourth-order valence-corrected chi connectivity index (χ4v) is 2.42. The predicted octanol–water partition coefficient (Wildman–Crippen LogP) is 3.15. The van der Waals surface area contributed by atoms with Crippen molar-refractivity contribution >= 4 is 0 Å². The van der Waals surface area contributed by atoms with E-state index in [-0.39, 0.29) is 0 Å². The molecule has 106 valence electrons. The van der Waals surface area contributed by atoms with Gasteiger partial charge in [0, 0.05) is 18.6 Å². The van der Waals surface area contributed by atoms with E-state index in [2.05, 4.69) is 36.2 Å². The molecule has 2 aliphatic rings. The number of hydrogen-bond donors (Lipinski definition) is 1. The molecule has 3 rings (SSSR count). The number of hydrogen-bond acceptors (Lipinski definition) is 3. The van der Waals surface area contributed by atoms with Gasteiger partial charge in [0.05, 0.1) is 13.1 Å². The average molecular weight is 262 g/mol. The van der Waals surface area contributed by atoms with Crippen LogP contribution in [0, 0.1) is 5.92 Å². The molecule has 1 aromatic heterocycles. The third kappa shape index (κ3) is 4.08. The standard InChI is InChI=1S/C16H26N2O/c1-12(2)18(10-13-3-4-13)11-16-8-7-15(19-16)9-17-14-5-6-14/h7-8,12-14,17H,3-6,9-11H2,1-2H3. The van der Waals surface area contributed by atoms with Crippen LogP contribution in [-0.4, -0.2) is 23.5 Å². The lowest BCUT2D eigenvalue weighted by molar-refractivity contribution is 0.187. The first-order valence-corrected chi connectivity index (χ1v) is 7.75. The second kappa shape index (κ2) is 5.68. The van der Waals surface area contributed by atoms with Crippen molar-refractivity contribution in [3.05, 3.63) is 23.7 Å². The molecule has 0 unspecified atom stereocenters. The minimum Gasteiger partial charge on any atom is -0.463 e. The minimum atomic E-state index is 0.596. The van der Waals surface area contributed by atoms with Gasteiger partial charge < -0.3 is 9.73 Å². The van der Waals surface area contributed by atoms with E-state index in [1.165, 1.54) is 32.2 Å². The monoisotopic (exact) mass is 262 g/mol. The molecule has 2 aliphatic carbocycles. The Labute approximate surface area is 116 Å². The zero-order chi connectivity index (χ0) is 13.2. The molecule has 0 aliphatic heterocycles. The van der Waals surface area contributed by atoms with Gasteiger partial charge in [-0.25, -0.2) is 0 Å². The summed E-state index contributed by atoms with van der Waals surface area (Å²) in [5.74, 6) is 3.13. The van der Waals surface area contributed by atoms with Crippen LogP contribution >= 0.6 is 0 Å². The SMILES string of the molecule is CC(C)N(Cc1ccc(CNC2CC2)o1)CC1CC1. The summed E-state index contributed by atoms with van der Waals surface area (Å²) in [4.78, 5) is 2.54. The first-order valence-electron chi connectivity index (χ1n) is 7.75. The predicted molar refractivity (Wildman–Crippen MR) is 76.8 cm³/mol. The maximum atomic E-state index is 5.94. The van der Waals surface area contributed by atoms with Crippen LogP contribution in [-0.2, 0) is 13.1 Å². The Morgan fingerprint density at radius 3 is 2.58 bits per heavy atom. The van der Waals surface area contributed by atoms with Gasteiger partial charge in [-0.05, 0) is 57.6 Å². The average Bonchev–Trinajstić information content (AvgIpc) is 3.28. The van der Waals surface area contributed by atoms with Crippen molar-refractivity contribution in [2.24, 2.45) is 5.92 Å². The van der Waals surface area contributed by atoms with Gasteiger partial charge in [-0.3, -0.25) is 4.90 Å².